The fraction of sp³-hybridized carbons (Fsp3) is 0.100. The monoisotopic (exact) mass is 444 g/mol. The Morgan fingerprint density at radius 2 is 1.03 bits per heavy atom. The molecular weight excluding hydrogens is 420 g/mol. The van der Waals surface area contributed by atoms with Crippen LogP contribution in [0.2, 0.25) is 0 Å². The summed E-state index contributed by atoms with van der Waals surface area (Å²) in [4.78, 5) is 0. The van der Waals surface area contributed by atoms with Crippen molar-refractivity contribution in [2.45, 2.75) is 13.1 Å². The van der Waals surface area contributed by atoms with Gasteiger partial charge in [-0.2, -0.15) is 18.6 Å². The molecule has 0 aliphatic carbocycles. The van der Waals surface area contributed by atoms with Gasteiger partial charge in [-0.25, -0.2) is 9.36 Å². The molecule has 6 N–H and O–H groups in total. The zero-order valence-corrected chi connectivity index (χ0v) is 17.4. The number of nitrogens with zero attached hydrogens (tertiary/aromatic N) is 4. The Labute approximate surface area is 180 Å². The molecular formula is C20H24N6O4S. The number of hydrogen-bond acceptors (Lipinski definition) is 6. The summed E-state index contributed by atoms with van der Waals surface area (Å²) in [5, 5.41) is 8.25. The van der Waals surface area contributed by atoms with Gasteiger partial charge in [-0.1, -0.05) is 24.3 Å². The van der Waals surface area contributed by atoms with E-state index in [9.17, 15) is 0 Å². The molecule has 164 valence electrons. The topological polar surface area (TPSA) is 162 Å². The van der Waals surface area contributed by atoms with Crippen molar-refractivity contribution in [3.63, 3.8) is 0 Å². The molecule has 0 fully saturated rings. The Morgan fingerprint density at radius 1 is 0.710 bits per heavy atom. The molecule has 4 aromatic rings. The fourth-order valence-electron chi connectivity index (χ4n) is 2.41. The van der Waals surface area contributed by atoms with Crippen LogP contribution in [0.1, 0.15) is 11.1 Å². The van der Waals surface area contributed by atoms with Crippen LogP contribution in [0.4, 0.5) is 0 Å². The van der Waals surface area contributed by atoms with Crippen LogP contribution in [0.25, 0.3) is 11.4 Å². The maximum absolute atomic E-state index is 8.74. The van der Waals surface area contributed by atoms with E-state index in [1.807, 2.05) is 82.4 Å². The first-order valence-corrected chi connectivity index (χ1v) is 10.5. The maximum atomic E-state index is 8.74. The number of aromatic nitrogens is 4. The fourth-order valence-corrected chi connectivity index (χ4v) is 2.41. The molecule has 31 heavy (non-hydrogen) atoms. The van der Waals surface area contributed by atoms with E-state index in [0.29, 0.717) is 13.1 Å². The molecule has 0 atom stereocenters. The van der Waals surface area contributed by atoms with E-state index in [1.165, 1.54) is 0 Å². The molecule has 0 spiro atoms. The van der Waals surface area contributed by atoms with Gasteiger partial charge in [-0.3, -0.25) is 9.11 Å². The molecule has 0 bridgehead atoms. The zero-order valence-electron chi connectivity index (χ0n) is 16.6. The summed E-state index contributed by atoms with van der Waals surface area (Å²) in [6, 6.07) is 19.9. The van der Waals surface area contributed by atoms with E-state index in [1.54, 1.807) is 12.4 Å². The van der Waals surface area contributed by atoms with Crippen molar-refractivity contribution in [3.8, 4) is 11.4 Å². The maximum Gasteiger partial charge on any atom is 0.394 e. The van der Waals surface area contributed by atoms with Crippen molar-refractivity contribution in [2.75, 3.05) is 0 Å². The van der Waals surface area contributed by atoms with E-state index in [-0.39, 0.29) is 0 Å². The van der Waals surface area contributed by atoms with Gasteiger partial charge in [0.05, 0.1) is 11.4 Å². The molecule has 0 unspecified atom stereocenters. The first-order valence-electron chi connectivity index (χ1n) is 9.08. The lowest BCUT2D eigenvalue weighted by molar-refractivity contribution is 0.381. The molecule has 2 aromatic carbocycles. The average molecular weight is 445 g/mol. The lowest BCUT2D eigenvalue weighted by atomic mass is 10.2. The van der Waals surface area contributed by atoms with Crippen LogP contribution in [0.5, 0.6) is 0 Å². The van der Waals surface area contributed by atoms with Gasteiger partial charge < -0.3 is 11.5 Å². The van der Waals surface area contributed by atoms with Gasteiger partial charge in [0.1, 0.15) is 0 Å². The van der Waals surface area contributed by atoms with Crippen LogP contribution >= 0.6 is 0 Å². The van der Waals surface area contributed by atoms with Crippen molar-refractivity contribution in [1.82, 2.24) is 19.6 Å². The summed E-state index contributed by atoms with van der Waals surface area (Å²) in [5.41, 5.74) is 15.4. The largest absolute Gasteiger partial charge is 0.394 e. The van der Waals surface area contributed by atoms with E-state index in [0.717, 1.165) is 22.5 Å². The number of rotatable bonds is 4. The third-order valence-electron chi connectivity index (χ3n) is 3.88. The van der Waals surface area contributed by atoms with Crippen LogP contribution in [0.3, 0.4) is 0 Å². The van der Waals surface area contributed by atoms with Crippen LogP contribution in [-0.4, -0.2) is 37.1 Å². The predicted octanol–water partition coefficient (Wildman–Crippen LogP) is 2.01. The Balaban J connectivity index is 0.000000182. The smallest absolute Gasteiger partial charge is 0.326 e. The highest BCUT2D eigenvalue weighted by atomic mass is 32.3. The number of benzene rings is 2. The first kappa shape index (κ1) is 23.9. The standard InChI is InChI=1S/2C10H11N3.H2O4S/c2*11-8-9-2-4-10(5-3-9)13-7-1-6-12-13;1-5(2,3)4/h2*1-7H,8,11H2;(H2,1,2,3,4). The minimum atomic E-state index is -4.67. The van der Waals surface area contributed by atoms with Crippen LogP contribution in [-0.2, 0) is 23.5 Å². The lowest BCUT2D eigenvalue weighted by Gasteiger charge is -2.01. The Kier molecular flexibility index (Phi) is 9.06. The highest BCUT2D eigenvalue weighted by Crippen LogP contribution is 2.08. The molecule has 2 aromatic heterocycles. The molecule has 4 rings (SSSR count). The predicted molar refractivity (Wildman–Crippen MR) is 117 cm³/mol. The van der Waals surface area contributed by atoms with Crippen molar-refractivity contribution < 1.29 is 17.5 Å². The van der Waals surface area contributed by atoms with E-state index in [2.05, 4.69) is 10.2 Å². The van der Waals surface area contributed by atoms with Crippen LogP contribution in [0.15, 0.2) is 85.5 Å². The highest BCUT2D eigenvalue weighted by molar-refractivity contribution is 7.79. The van der Waals surface area contributed by atoms with Gasteiger partial charge in [0.2, 0.25) is 0 Å². The first-order chi connectivity index (χ1) is 14.8. The molecule has 2 heterocycles. The minimum absolute atomic E-state index is 0.583. The Hall–Kier alpha value is -3.35. The SMILES string of the molecule is NCc1ccc(-n2cccn2)cc1.NCc1ccc(-n2cccn2)cc1.O=S(=O)(O)O. The van der Waals surface area contributed by atoms with Crippen molar-refractivity contribution in [3.05, 3.63) is 96.6 Å². The minimum Gasteiger partial charge on any atom is -0.326 e. The van der Waals surface area contributed by atoms with Gasteiger partial charge in [0.15, 0.2) is 0 Å². The molecule has 0 saturated heterocycles. The third-order valence-corrected chi connectivity index (χ3v) is 3.88. The zero-order chi connectivity index (χ0) is 22.7. The molecule has 11 heteroatoms. The summed E-state index contributed by atoms with van der Waals surface area (Å²) >= 11 is 0. The van der Waals surface area contributed by atoms with E-state index in [4.69, 9.17) is 29.0 Å². The van der Waals surface area contributed by atoms with Crippen molar-refractivity contribution in [1.29, 1.82) is 0 Å². The van der Waals surface area contributed by atoms with E-state index >= 15 is 0 Å². The Morgan fingerprint density at radius 3 is 1.26 bits per heavy atom. The van der Waals surface area contributed by atoms with Crippen molar-refractivity contribution in [2.24, 2.45) is 11.5 Å². The molecule has 0 aliphatic rings. The van der Waals surface area contributed by atoms with Crippen LogP contribution < -0.4 is 11.5 Å². The Bertz CT molecular complexity index is 1030. The summed E-state index contributed by atoms with van der Waals surface area (Å²) in [6.07, 6.45) is 7.35. The van der Waals surface area contributed by atoms with Gasteiger partial charge in [-0.05, 0) is 47.5 Å². The summed E-state index contributed by atoms with van der Waals surface area (Å²) in [6.45, 7) is 1.17. The quantitative estimate of drug-likeness (QED) is 0.347. The second kappa shape index (κ2) is 11.7. The molecule has 0 amide bonds. The number of nitrogens with two attached hydrogens (primary N) is 2. The second-order valence-electron chi connectivity index (χ2n) is 6.09. The average Bonchev–Trinajstić information content (AvgIpc) is 3.48. The molecule has 0 radical (unpaired) electrons. The highest BCUT2D eigenvalue weighted by Gasteiger charge is 1.95. The summed E-state index contributed by atoms with van der Waals surface area (Å²) < 4.78 is 35.2. The van der Waals surface area contributed by atoms with Gasteiger partial charge >= 0.3 is 10.4 Å². The van der Waals surface area contributed by atoms with Crippen molar-refractivity contribution >= 4 is 10.4 Å². The summed E-state index contributed by atoms with van der Waals surface area (Å²) in [7, 11) is -4.67. The van der Waals surface area contributed by atoms with E-state index < -0.39 is 10.4 Å². The molecule has 10 nitrogen and oxygen atoms in total. The van der Waals surface area contributed by atoms with Gasteiger partial charge in [0.25, 0.3) is 0 Å². The molecule has 0 aliphatic heterocycles. The lowest BCUT2D eigenvalue weighted by Crippen LogP contribution is -1.98. The summed E-state index contributed by atoms with van der Waals surface area (Å²) in [5.74, 6) is 0. The third kappa shape index (κ3) is 8.90. The van der Waals surface area contributed by atoms with Gasteiger partial charge in [-0.15, -0.1) is 0 Å². The molecule has 0 saturated carbocycles. The van der Waals surface area contributed by atoms with Gasteiger partial charge in [0, 0.05) is 37.9 Å². The number of hydrogen-bond donors (Lipinski definition) is 4. The van der Waals surface area contributed by atoms with Crippen LogP contribution in [0, 0.1) is 0 Å². The second-order valence-corrected chi connectivity index (χ2v) is 6.99. The normalized spacial score (nSPS) is 10.5.